The van der Waals surface area contributed by atoms with Crippen molar-refractivity contribution >= 4 is 12.0 Å². The molecule has 188 valence electrons. The highest BCUT2D eigenvalue weighted by molar-refractivity contribution is 5.86. The maximum atomic E-state index is 12.7. The van der Waals surface area contributed by atoms with Gasteiger partial charge in [0.1, 0.15) is 18.4 Å². The Balaban J connectivity index is 2.01. The highest BCUT2D eigenvalue weighted by atomic mass is 16.6. The van der Waals surface area contributed by atoms with Crippen molar-refractivity contribution in [3.63, 3.8) is 0 Å². The summed E-state index contributed by atoms with van der Waals surface area (Å²) in [5, 5.41) is 5.39. The first-order valence-corrected chi connectivity index (χ1v) is 11.4. The van der Waals surface area contributed by atoms with Crippen molar-refractivity contribution in [2.24, 2.45) is 5.92 Å². The molecule has 8 nitrogen and oxygen atoms in total. The van der Waals surface area contributed by atoms with Gasteiger partial charge in [-0.25, -0.2) is 4.79 Å². The average molecular weight is 483 g/mol. The number of nitrogens with one attached hydrogen (secondary N) is 2. The molecule has 0 heterocycles. The van der Waals surface area contributed by atoms with Gasteiger partial charge < -0.3 is 29.6 Å². The molecule has 0 saturated heterocycles. The van der Waals surface area contributed by atoms with Gasteiger partial charge in [-0.3, -0.25) is 4.79 Å². The average Bonchev–Trinajstić information content (AvgIpc) is 2.80. The first kappa shape index (κ1) is 27.4. The Bertz CT molecular complexity index is 1030. The van der Waals surface area contributed by atoms with Gasteiger partial charge in [-0.15, -0.1) is 6.42 Å². The number of terminal acetylenes is 1. The third-order valence-corrected chi connectivity index (χ3v) is 4.89. The van der Waals surface area contributed by atoms with Gasteiger partial charge in [0.05, 0.1) is 13.2 Å². The minimum absolute atomic E-state index is 0.137. The van der Waals surface area contributed by atoms with Gasteiger partial charge in [0, 0.05) is 0 Å². The molecule has 0 aliphatic heterocycles. The van der Waals surface area contributed by atoms with Crippen molar-refractivity contribution < 1.29 is 28.5 Å². The molecule has 2 aromatic rings. The Hall–Kier alpha value is -3.86. The summed E-state index contributed by atoms with van der Waals surface area (Å²) >= 11 is 0. The van der Waals surface area contributed by atoms with Crippen molar-refractivity contribution in [1.29, 1.82) is 0 Å². The monoisotopic (exact) mass is 482 g/mol. The zero-order valence-electron chi connectivity index (χ0n) is 21.1. The molecule has 0 aliphatic rings. The van der Waals surface area contributed by atoms with Gasteiger partial charge in [0.15, 0.2) is 17.7 Å². The molecular formula is C27H34N2O6. The molecular weight excluding hydrogens is 448 g/mol. The molecule has 2 aromatic carbocycles. The lowest BCUT2D eigenvalue weighted by Crippen LogP contribution is -2.52. The van der Waals surface area contributed by atoms with Gasteiger partial charge in [-0.05, 0) is 62.1 Å². The molecule has 2 rings (SSSR count). The van der Waals surface area contributed by atoms with E-state index in [0.717, 1.165) is 11.1 Å². The maximum absolute atomic E-state index is 12.7. The van der Waals surface area contributed by atoms with E-state index in [-0.39, 0.29) is 24.5 Å². The van der Waals surface area contributed by atoms with Crippen molar-refractivity contribution in [2.75, 3.05) is 13.7 Å². The van der Waals surface area contributed by atoms with Crippen LogP contribution in [0, 0.1) is 18.3 Å². The minimum atomic E-state index is -0.753. The number of rotatable bonds is 11. The third kappa shape index (κ3) is 8.45. The topological polar surface area (TPSA) is 95.1 Å². The first-order valence-electron chi connectivity index (χ1n) is 11.4. The Morgan fingerprint density at radius 3 is 2.17 bits per heavy atom. The first-order chi connectivity index (χ1) is 16.6. The molecule has 0 saturated carbocycles. The van der Waals surface area contributed by atoms with Crippen LogP contribution in [-0.2, 0) is 9.53 Å². The number of carbonyl (C=O) groups is 2. The minimum Gasteiger partial charge on any atom is -0.493 e. The summed E-state index contributed by atoms with van der Waals surface area (Å²) in [5.74, 6) is 3.67. The maximum Gasteiger partial charge on any atom is 0.408 e. The smallest absolute Gasteiger partial charge is 0.408 e. The van der Waals surface area contributed by atoms with Crippen LogP contribution in [0.15, 0.2) is 42.5 Å². The highest BCUT2D eigenvalue weighted by Crippen LogP contribution is 2.33. The van der Waals surface area contributed by atoms with Gasteiger partial charge in [0.2, 0.25) is 5.91 Å². The fourth-order valence-electron chi connectivity index (χ4n) is 3.25. The lowest BCUT2D eigenvalue weighted by molar-refractivity contribution is -0.126. The van der Waals surface area contributed by atoms with Crippen molar-refractivity contribution in [2.45, 2.75) is 53.0 Å². The molecule has 8 heteroatoms. The van der Waals surface area contributed by atoms with Gasteiger partial charge in [-0.1, -0.05) is 38.0 Å². The second-order valence-electron chi connectivity index (χ2n) is 8.47. The predicted molar refractivity (Wildman–Crippen MR) is 134 cm³/mol. The number of amides is 2. The van der Waals surface area contributed by atoms with Crippen LogP contribution >= 0.6 is 0 Å². The number of hydrogen-bond acceptors (Lipinski definition) is 6. The molecule has 2 atom stereocenters. The number of methoxy groups -OCH3 is 1. The van der Waals surface area contributed by atoms with E-state index < -0.39 is 18.4 Å². The van der Waals surface area contributed by atoms with Crippen LogP contribution in [0.2, 0.25) is 0 Å². The lowest BCUT2D eigenvalue weighted by atomic mass is 10.0. The predicted octanol–water partition coefficient (Wildman–Crippen LogP) is 4.37. The van der Waals surface area contributed by atoms with E-state index in [2.05, 4.69) is 16.6 Å². The number of carbonyl (C=O) groups excluding carboxylic acids is 2. The molecule has 0 radical (unpaired) electrons. The number of hydrogen-bond donors (Lipinski definition) is 2. The van der Waals surface area contributed by atoms with Crippen LogP contribution in [0.3, 0.4) is 0 Å². The standard InChI is InChI=1S/C27H34N2O6/c1-8-15-33-23-14-11-21(16-24(23)32-7)20-9-12-22(13-10-20)35-19(6)28-26(30)25(17(2)3)29-27(31)34-18(4)5/h1,9-14,16-19,25H,15H2,2-7H3,(H,28,30)(H,29,31). The quantitative estimate of drug-likeness (QED) is 0.365. The van der Waals surface area contributed by atoms with E-state index in [1.807, 2.05) is 56.3 Å². The van der Waals surface area contributed by atoms with Gasteiger partial charge in [0.25, 0.3) is 0 Å². The Morgan fingerprint density at radius 1 is 0.943 bits per heavy atom. The highest BCUT2D eigenvalue weighted by Gasteiger charge is 2.26. The van der Waals surface area contributed by atoms with Gasteiger partial charge >= 0.3 is 6.09 Å². The number of benzene rings is 2. The summed E-state index contributed by atoms with van der Waals surface area (Å²) in [6.07, 6.45) is 3.72. The van der Waals surface area contributed by atoms with E-state index in [9.17, 15) is 9.59 Å². The normalized spacial score (nSPS) is 12.3. The molecule has 0 fully saturated rings. The van der Waals surface area contributed by atoms with Crippen molar-refractivity contribution in [1.82, 2.24) is 10.6 Å². The van der Waals surface area contributed by atoms with E-state index >= 15 is 0 Å². The molecule has 0 aliphatic carbocycles. The van der Waals surface area contributed by atoms with Crippen LogP contribution in [0.25, 0.3) is 11.1 Å². The van der Waals surface area contributed by atoms with Crippen LogP contribution in [-0.4, -0.2) is 44.1 Å². The summed E-state index contributed by atoms with van der Waals surface area (Å²) in [7, 11) is 1.57. The van der Waals surface area contributed by atoms with Crippen LogP contribution in [0.5, 0.6) is 17.2 Å². The fraction of sp³-hybridized carbons (Fsp3) is 0.407. The van der Waals surface area contributed by atoms with Crippen LogP contribution < -0.4 is 24.8 Å². The number of alkyl carbamates (subject to hydrolysis) is 1. The van der Waals surface area contributed by atoms with Crippen LogP contribution in [0.4, 0.5) is 4.79 Å². The molecule has 2 amide bonds. The van der Waals surface area contributed by atoms with Gasteiger partial charge in [-0.2, -0.15) is 0 Å². The molecule has 2 N–H and O–H groups in total. The summed E-state index contributed by atoms with van der Waals surface area (Å²) in [6, 6.07) is 12.3. The summed E-state index contributed by atoms with van der Waals surface area (Å²) < 4.78 is 21.8. The van der Waals surface area contributed by atoms with E-state index in [1.54, 1.807) is 27.9 Å². The molecule has 0 aromatic heterocycles. The Morgan fingerprint density at radius 2 is 1.60 bits per heavy atom. The summed E-state index contributed by atoms with van der Waals surface area (Å²) in [6.45, 7) is 9.04. The zero-order chi connectivity index (χ0) is 26.0. The molecule has 35 heavy (non-hydrogen) atoms. The van der Waals surface area contributed by atoms with E-state index in [4.69, 9.17) is 25.4 Å². The third-order valence-electron chi connectivity index (χ3n) is 4.89. The molecule has 0 bridgehead atoms. The number of ether oxygens (including phenoxy) is 4. The Kier molecular flexibility index (Phi) is 10.3. The second kappa shape index (κ2) is 13.1. The van der Waals surface area contributed by atoms with E-state index in [1.165, 1.54) is 0 Å². The SMILES string of the molecule is C#CCOc1ccc(-c2ccc(OC(C)NC(=O)C(NC(=O)OC(C)C)C(C)C)cc2)cc1OC. The second-order valence-corrected chi connectivity index (χ2v) is 8.47. The van der Waals surface area contributed by atoms with E-state index in [0.29, 0.717) is 17.2 Å². The summed E-state index contributed by atoms with van der Waals surface area (Å²) in [4.78, 5) is 24.6. The fourth-order valence-corrected chi connectivity index (χ4v) is 3.25. The molecule has 0 spiro atoms. The van der Waals surface area contributed by atoms with Crippen LogP contribution in [0.1, 0.15) is 34.6 Å². The molecule has 2 unspecified atom stereocenters. The van der Waals surface area contributed by atoms with Crippen molar-refractivity contribution in [3.05, 3.63) is 42.5 Å². The zero-order valence-corrected chi connectivity index (χ0v) is 21.1. The largest absolute Gasteiger partial charge is 0.493 e. The summed E-state index contributed by atoms with van der Waals surface area (Å²) in [5.41, 5.74) is 1.88. The Labute approximate surface area is 207 Å². The van der Waals surface area contributed by atoms with Crippen molar-refractivity contribution in [3.8, 4) is 40.7 Å². The lowest BCUT2D eigenvalue weighted by Gasteiger charge is -2.24.